The molecule has 0 aromatic heterocycles. The first kappa shape index (κ1) is 24.3. The van der Waals surface area contributed by atoms with Gasteiger partial charge in [0.25, 0.3) is 0 Å². The van der Waals surface area contributed by atoms with Gasteiger partial charge in [-0.1, -0.05) is 54.1 Å². The van der Waals surface area contributed by atoms with Crippen LogP contribution in [0.5, 0.6) is 11.5 Å². The molecule has 8 heteroatoms. The predicted octanol–water partition coefficient (Wildman–Crippen LogP) is 3.17. The minimum Gasteiger partial charge on any atom is -0.493 e. The highest BCUT2D eigenvalue weighted by Crippen LogP contribution is 2.36. The molecule has 3 aromatic carbocycles. The van der Waals surface area contributed by atoms with Gasteiger partial charge in [-0.05, 0) is 42.7 Å². The van der Waals surface area contributed by atoms with Crippen molar-refractivity contribution in [2.24, 2.45) is 0 Å². The Labute approximate surface area is 194 Å². The highest BCUT2D eigenvalue weighted by molar-refractivity contribution is 7.87. The van der Waals surface area contributed by atoms with Crippen LogP contribution in [0.1, 0.15) is 22.3 Å². The van der Waals surface area contributed by atoms with Crippen LogP contribution in [0.3, 0.4) is 0 Å². The van der Waals surface area contributed by atoms with Crippen LogP contribution in [0.25, 0.3) is 0 Å². The van der Waals surface area contributed by atoms with Crippen LogP contribution < -0.4 is 14.2 Å². The largest absolute Gasteiger partial charge is 0.493 e. The van der Waals surface area contributed by atoms with Crippen molar-refractivity contribution in [3.63, 3.8) is 0 Å². The monoisotopic (exact) mass is 469 g/mol. The number of methoxy groups -OCH3 is 1. The Balaban J connectivity index is 1.76. The van der Waals surface area contributed by atoms with Crippen molar-refractivity contribution < 1.29 is 27.2 Å². The summed E-state index contributed by atoms with van der Waals surface area (Å²) in [5.41, 5.74) is 2.91. The van der Waals surface area contributed by atoms with Gasteiger partial charge < -0.3 is 19.3 Å². The lowest BCUT2D eigenvalue weighted by atomic mass is 10.0. The van der Waals surface area contributed by atoms with Gasteiger partial charge in [0.1, 0.15) is 4.90 Å². The summed E-state index contributed by atoms with van der Waals surface area (Å²) in [7, 11) is -2.79. The molecule has 0 bridgehead atoms. The fraction of sp³-hybridized carbons (Fsp3) is 0.240. The first-order chi connectivity index (χ1) is 15.8. The van der Waals surface area contributed by atoms with Gasteiger partial charge in [0.05, 0.1) is 20.1 Å². The lowest BCUT2D eigenvalue weighted by Gasteiger charge is -2.17. The molecule has 0 atom stereocenters. The fourth-order valence-electron chi connectivity index (χ4n) is 3.43. The van der Waals surface area contributed by atoms with Crippen LogP contribution in [-0.2, 0) is 34.4 Å². The Morgan fingerprint density at radius 1 is 1.03 bits per heavy atom. The van der Waals surface area contributed by atoms with Crippen LogP contribution >= 0.6 is 0 Å². The molecule has 0 fully saturated rings. The summed E-state index contributed by atoms with van der Waals surface area (Å²) in [6.07, 6.45) is 0.641. The quantitative estimate of drug-likeness (QED) is 0.442. The summed E-state index contributed by atoms with van der Waals surface area (Å²) in [5, 5.41) is 12.8. The number of ether oxygens (including phenoxy) is 1. The van der Waals surface area contributed by atoms with Gasteiger partial charge in [-0.25, -0.2) is 0 Å². The van der Waals surface area contributed by atoms with Crippen molar-refractivity contribution in [1.82, 2.24) is 5.32 Å². The zero-order valence-electron chi connectivity index (χ0n) is 18.6. The van der Waals surface area contributed by atoms with E-state index in [9.17, 15) is 18.3 Å². The molecule has 0 radical (unpaired) electrons. The number of aliphatic hydroxyl groups is 1. The molecule has 3 aromatic rings. The summed E-state index contributed by atoms with van der Waals surface area (Å²) in [5.74, 6) is -0.240. The third kappa shape index (κ3) is 6.34. The molecule has 7 nitrogen and oxygen atoms in total. The SMILES string of the molecule is COc1ccc(CC(=O)NCCc2cccc(C)c2)c(CO)c1OS(=O)(=O)c1ccccc1. The van der Waals surface area contributed by atoms with E-state index in [1.807, 2.05) is 25.1 Å². The zero-order valence-corrected chi connectivity index (χ0v) is 19.4. The molecular weight excluding hydrogens is 442 g/mol. The van der Waals surface area contributed by atoms with E-state index in [0.717, 1.165) is 11.1 Å². The number of benzene rings is 3. The van der Waals surface area contributed by atoms with E-state index in [1.165, 1.54) is 25.3 Å². The zero-order chi connectivity index (χ0) is 23.8. The average molecular weight is 470 g/mol. The number of carbonyl (C=O) groups is 1. The van der Waals surface area contributed by atoms with E-state index in [2.05, 4.69) is 11.4 Å². The summed E-state index contributed by atoms with van der Waals surface area (Å²) in [6.45, 7) is 1.95. The Kier molecular flexibility index (Phi) is 8.08. The second-order valence-electron chi connectivity index (χ2n) is 7.51. The summed E-state index contributed by atoms with van der Waals surface area (Å²) in [4.78, 5) is 12.5. The Morgan fingerprint density at radius 3 is 2.45 bits per heavy atom. The van der Waals surface area contributed by atoms with Crippen LogP contribution in [0, 0.1) is 6.92 Å². The Hall–Kier alpha value is -3.36. The topological polar surface area (TPSA) is 102 Å². The Bertz CT molecular complexity index is 1210. The number of hydrogen-bond acceptors (Lipinski definition) is 6. The van der Waals surface area contributed by atoms with Crippen molar-refractivity contribution in [3.05, 3.63) is 89.0 Å². The number of aryl methyl sites for hydroxylation is 1. The third-order valence-corrected chi connectivity index (χ3v) is 6.33. The molecule has 0 unspecified atom stereocenters. The maximum atomic E-state index is 12.7. The summed E-state index contributed by atoms with van der Waals surface area (Å²) >= 11 is 0. The number of aliphatic hydroxyl groups excluding tert-OH is 1. The molecule has 0 heterocycles. The number of amides is 1. The fourth-order valence-corrected chi connectivity index (χ4v) is 4.42. The third-order valence-electron chi connectivity index (χ3n) is 5.09. The van der Waals surface area contributed by atoms with Crippen molar-refractivity contribution in [2.45, 2.75) is 31.3 Å². The molecule has 0 saturated heterocycles. The minimum atomic E-state index is -4.16. The molecule has 33 heavy (non-hydrogen) atoms. The first-order valence-electron chi connectivity index (χ1n) is 10.5. The van der Waals surface area contributed by atoms with Gasteiger partial charge >= 0.3 is 10.1 Å². The number of carbonyl (C=O) groups excluding carboxylic acids is 1. The van der Waals surface area contributed by atoms with E-state index in [4.69, 9.17) is 8.92 Å². The Morgan fingerprint density at radius 2 is 1.79 bits per heavy atom. The van der Waals surface area contributed by atoms with Gasteiger partial charge in [-0.3, -0.25) is 4.79 Å². The van der Waals surface area contributed by atoms with E-state index in [0.29, 0.717) is 18.5 Å². The van der Waals surface area contributed by atoms with Gasteiger partial charge in [-0.2, -0.15) is 8.42 Å². The van der Waals surface area contributed by atoms with Crippen molar-refractivity contribution >= 4 is 16.0 Å². The second kappa shape index (κ2) is 11.0. The van der Waals surface area contributed by atoms with Crippen molar-refractivity contribution in [1.29, 1.82) is 0 Å². The normalized spacial score (nSPS) is 11.1. The summed E-state index contributed by atoms with van der Waals surface area (Å²) < 4.78 is 36.1. The lowest BCUT2D eigenvalue weighted by molar-refractivity contribution is -0.120. The van der Waals surface area contributed by atoms with Gasteiger partial charge in [0.2, 0.25) is 5.91 Å². The summed E-state index contributed by atoms with van der Waals surface area (Å²) in [6, 6.07) is 18.9. The van der Waals surface area contributed by atoms with Gasteiger partial charge in [-0.15, -0.1) is 0 Å². The highest BCUT2D eigenvalue weighted by Gasteiger charge is 2.24. The van der Waals surface area contributed by atoms with Crippen LogP contribution in [0.4, 0.5) is 0 Å². The van der Waals surface area contributed by atoms with Crippen molar-refractivity contribution in [3.8, 4) is 11.5 Å². The molecule has 0 aliphatic rings. The smallest absolute Gasteiger partial charge is 0.339 e. The molecule has 0 spiro atoms. The minimum absolute atomic E-state index is 0.0322. The maximum Gasteiger partial charge on any atom is 0.339 e. The van der Waals surface area contributed by atoms with E-state index < -0.39 is 16.7 Å². The second-order valence-corrected chi connectivity index (χ2v) is 9.06. The van der Waals surface area contributed by atoms with Crippen LogP contribution in [0.15, 0.2) is 71.6 Å². The first-order valence-corrected chi connectivity index (χ1v) is 11.9. The van der Waals surface area contributed by atoms with E-state index in [1.54, 1.807) is 24.3 Å². The predicted molar refractivity (Wildman–Crippen MR) is 125 cm³/mol. The van der Waals surface area contributed by atoms with E-state index >= 15 is 0 Å². The highest BCUT2D eigenvalue weighted by atomic mass is 32.2. The molecular formula is C25H27NO6S. The van der Waals surface area contributed by atoms with Gasteiger partial charge in [0, 0.05) is 12.1 Å². The maximum absolute atomic E-state index is 12.7. The number of rotatable bonds is 10. The van der Waals surface area contributed by atoms with Crippen LogP contribution in [0.2, 0.25) is 0 Å². The average Bonchev–Trinajstić information content (AvgIpc) is 2.80. The standard InChI is InChI=1S/C25H27NO6S/c1-18-7-6-8-19(15-18)13-14-26-24(28)16-20-11-12-23(31-2)25(22(20)17-27)32-33(29,30)21-9-4-3-5-10-21/h3-12,15,27H,13-14,16-17H2,1-2H3,(H,26,28). The van der Waals surface area contributed by atoms with E-state index in [-0.39, 0.29) is 34.3 Å². The molecule has 0 aliphatic heterocycles. The molecule has 1 amide bonds. The molecule has 174 valence electrons. The van der Waals surface area contributed by atoms with Crippen molar-refractivity contribution in [2.75, 3.05) is 13.7 Å². The molecule has 2 N–H and O–H groups in total. The number of nitrogens with one attached hydrogen (secondary N) is 1. The molecule has 0 saturated carbocycles. The lowest BCUT2D eigenvalue weighted by Crippen LogP contribution is -2.27. The van der Waals surface area contributed by atoms with Crippen LogP contribution in [-0.4, -0.2) is 33.1 Å². The molecule has 3 rings (SSSR count). The van der Waals surface area contributed by atoms with Gasteiger partial charge in [0.15, 0.2) is 11.5 Å². The molecule has 0 aliphatic carbocycles. The number of hydrogen-bond donors (Lipinski definition) is 2.